The van der Waals surface area contributed by atoms with E-state index in [2.05, 4.69) is 27.0 Å². The molecule has 2 radical (unpaired) electrons. The number of fused-ring (bicyclic) bond motifs is 1. The lowest BCUT2D eigenvalue weighted by molar-refractivity contribution is 1.09. The number of anilines is 3. The van der Waals surface area contributed by atoms with E-state index in [1.54, 1.807) is 0 Å². The molecule has 1 aromatic heterocycles. The summed E-state index contributed by atoms with van der Waals surface area (Å²) in [5, 5.41) is 0.946. The summed E-state index contributed by atoms with van der Waals surface area (Å²) < 4.78 is 0. The molecular formula is C16H17BClN5. The van der Waals surface area contributed by atoms with Crippen LogP contribution < -0.4 is 21.6 Å². The smallest absolute Gasteiger partial charge is 0.239 e. The molecule has 116 valence electrons. The van der Waals surface area contributed by atoms with Gasteiger partial charge in [0, 0.05) is 24.5 Å². The lowest BCUT2D eigenvalue weighted by Crippen LogP contribution is -2.17. The van der Waals surface area contributed by atoms with Crippen LogP contribution in [0.4, 0.5) is 17.5 Å². The van der Waals surface area contributed by atoms with E-state index in [1.807, 2.05) is 60.5 Å². The van der Waals surface area contributed by atoms with Crippen LogP contribution in [0.5, 0.6) is 0 Å². The molecule has 0 saturated heterocycles. The maximum Gasteiger partial charge on any atom is 0.239 e. The van der Waals surface area contributed by atoms with Crippen molar-refractivity contribution in [1.29, 1.82) is 0 Å². The molecule has 0 aliphatic rings. The molecule has 7 heteroatoms. The van der Waals surface area contributed by atoms with Gasteiger partial charge in [-0.25, -0.2) is 10.8 Å². The molecule has 0 aliphatic heterocycles. The van der Waals surface area contributed by atoms with Crippen molar-refractivity contribution in [1.82, 2.24) is 9.97 Å². The quantitative estimate of drug-likeness (QED) is 0.335. The normalized spacial score (nSPS) is 9.91. The van der Waals surface area contributed by atoms with E-state index in [0.29, 0.717) is 11.4 Å². The number of hydrogen-bond donors (Lipinski definition) is 2. The number of halogens is 1. The molecule has 0 fully saturated rings. The Balaban J connectivity index is 0.000000924. The molecular weight excluding hydrogens is 308 g/mol. The molecule has 1 heterocycles. The average molecular weight is 326 g/mol. The topological polar surface area (TPSA) is 67.1 Å². The first-order valence-electron chi connectivity index (χ1n) is 6.89. The summed E-state index contributed by atoms with van der Waals surface area (Å²) in [6.07, 6.45) is 1.47. The third-order valence-corrected chi connectivity index (χ3v) is 3.29. The number of nitrogens with two attached hydrogens (primary N) is 1. The summed E-state index contributed by atoms with van der Waals surface area (Å²) in [5.41, 5.74) is 4.98. The summed E-state index contributed by atoms with van der Waals surface area (Å²) in [6.45, 7) is 0. The average Bonchev–Trinajstić information content (AvgIpc) is 2.61. The number of rotatable bonds is 3. The van der Waals surface area contributed by atoms with Gasteiger partial charge in [0.2, 0.25) is 5.95 Å². The number of aromatic nitrogens is 2. The van der Waals surface area contributed by atoms with Crippen LogP contribution in [0.15, 0.2) is 48.5 Å². The fourth-order valence-electron chi connectivity index (χ4n) is 2.24. The van der Waals surface area contributed by atoms with E-state index in [-0.39, 0.29) is 0 Å². The fourth-order valence-corrected chi connectivity index (χ4v) is 2.24. The minimum absolute atomic E-state index is 0.374. The lowest BCUT2D eigenvalue weighted by atomic mass is 9.96. The van der Waals surface area contributed by atoms with Crippen molar-refractivity contribution in [2.75, 3.05) is 23.8 Å². The Bertz CT molecular complexity index is 796. The molecule has 3 rings (SSSR count). The predicted octanol–water partition coefficient (Wildman–Crippen LogP) is 2.33. The zero-order valence-electron chi connectivity index (χ0n) is 13.0. The second-order valence-electron chi connectivity index (χ2n) is 4.69. The molecule has 23 heavy (non-hydrogen) atoms. The summed E-state index contributed by atoms with van der Waals surface area (Å²) in [5.74, 6) is 6.60. The zero-order chi connectivity index (χ0) is 16.8. The Kier molecular flexibility index (Phi) is 5.79. The van der Waals surface area contributed by atoms with Gasteiger partial charge in [0.05, 0.1) is 5.52 Å². The summed E-state index contributed by atoms with van der Waals surface area (Å²) in [4.78, 5) is 10.8. The highest BCUT2D eigenvalue weighted by Gasteiger charge is 2.12. The van der Waals surface area contributed by atoms with Crippen LogP contribution >= 0.6 is 11.6 Å². The maximum absolute atomic E-state index is 5.85. The summed E-state index contributed by atoms with van der Waals surface area (Å²) in [7, 11) is 7.79. The van der Waals surface area contributed by atoms with E-state index in [9.17, 15) is 0 Å². The molecule has 0 spiro atoms. The second kappa shape index (κ2) is 7.81. The van der Waals surface area contributed by atoms with Gasteiger partial charge in [-0.2, -0.15) is 4.98 Å². The first-order valence-corrected chi connectivity index (χ1v) is 7.65. The van der Waals surface area contributed by atoms with Crippen molar-refractivity contribution in [2.45, 2.75) is 0 Å². The number of alkyl halides is 1. The molecule has 0 aliphatic carbocycles. The van der Waals surface area contributed by atoms with E-state index in [4.69, 9.17) is 13.7 Å². The van der Waals surface area contributed by atoms with E-state index >= 15 is 0 Å². The predicted molar refractivity (Wildman–Crippen MR) is 99.0 cm³/mol. The van der Waals surface area contributed by atoms with Crippen molar-refractivity contribution >= 4 is 53.3 Å². The molecule has 5 nitrogen and oxygen atoms in total. The van der Waals surface area contributed by atoms with E-state index < -0.39 is 0 Å². The van der Waals surface area contributed by atoms with Crippen molar-refractivity contribution in [3.63, 3.8) is 0 Å². The van der Waals surface area contributed by atoms with Gasteiger partial charge < -0.3 is 4.90 Å². The Hall–Kier alpha value is -2.31. The Labute approximate surface area is 141 Å². The Morgan fingerprint density at radius 1 is 1.09 bits per heavy atom. The van der Waals surface area contributed by atoms with Crippen molar-refractivity contribution < 1.29 is 0 Å². The number of hydrogen-bond acceptors (Lipinski definition) is 5. The highest BCUT2D eigenvalue weighted by atomic mass is 35.5. The van der Waals surface area contributed by atoms with Crippen LogP contribution in [-0.4, -0.2) is 31.2 Å². The molecule has 2 aromatic carbocycles. The molecule has 0 unspecified atom stereocenters. The minimum atomic E-state index is 0.374. The van der Waals surface area contributed by atoms with Crippen LogP contribution in [-0.2, 0) is 0 Å². The largest absolute Gasteiger partial charge is 0.329 e. The second-order valence-corrected chi connectivity index (χ2v) is 4.69. The van der Waals surface area contributed by atoms with Crippen LogP contribution in [0.1, 0.15) is 0 Å². The van der Waals surface area contributed by atoms with Gasteiger partial charge in [0.25, 0.3) is 0 Å². The van der Waals surface area contributed by atoms with Gasteiger partial charge in [-0.1, -0.05) is 29.7 Å². The van der Waals surface area contributed by atoms with Crippen molar-refractivity contribution in [3.8, 4) is 0 Å². The summed E-state index contributed by atoms with van der Waals surface area (Å²) >= 11 is 4.64. The van der Waals surface area contributed by atoms with Crippen LogP contribution in [0.3, 0.4) is 0 Å². The molecule has 0 bridgehead atoms. The van der Waals surface area contributed by atoms with E-state index in [0.717, 1.165) is 22.4 Å². The third kappa shape index (κ3) is 3.72. The number of nitrogens with zero attached hydrogens (tertiary/aromatic N) is 3. The molecule has 0 saturated carbocycles. The van der Waals surface area contributed by atoms with E-state index in [1.165, 1.54) is 6.38 Å². The van der Waals surface area contributed by atoms with Crippen LogP contribution in [0.25, 0.3) is 10.9 Å². The van der Waals surface area contributed by atoms with Crippen molar-refractivity contribution in [2.24, 2.45) is 5.84 Å². The highest BCUT2D eigenvalue weighted by Crippen LogP contribution is 2.28. The lowest BCUT2D eigenvalue weighted by Gasteiger charge is -2.21. The highest BCUT2D eigenvalue weighted by molar-refractivity contribution is 6.32. The van der Waals surface area contributed by atoms with Gasteiger partial charge in [-0.05, 0) is 24.3 Å². The number of para-hydroxylation sites is 1. The van der Waals surface area contributed by atoms with Crippen molar-refractivity contribution in [3.05, 3.63) is 48.5 Å². The Morgan fingerprint density at radius 2 is 1.83 bits per heavy atom. The first kappa shape index (κ1) is 17.1. The summed E-state index contributed by atoms with van der Waals surface area (Å²) in [6, 6.07) is 15.4. The molecule has 3 N–H and O–H groups in total. The SMILES string of the molecule is CCl.[B]c1cccc(N(C)c2nc(NN)nc3ccccc23)c1. The van der Waals surface area contributed by atoms with Crippen LogP contribution in [0.2, 0.25) is 0 Å². The number of nitrogen functional groups attached to an aromatic ring is 1. The van der Waals surface area contributed by atoms with Gasteiger partial charge in [0.1, 0.15) is 13.7 Å². The number of benzene rings is 2. The third-order valence-electron chi connectivity index (χ3n) is 3.29. The molecule has 0 amide bonds. The van der Waals surface area contributed by atoms with Gasteiger partial charge in [-0.15, -0.1) is 11.6 Å². The standard InChI is InChI=1S/C15H14BN5.CH3Cl/c1-21(11-6-4-5-10(16)9-11)14-12-7-2-3-8-13(12)18-15(19-14)20-17;1-2/h2-9H,17H2,1H3,(H,18,19,20);1H3. The van der Waals surface area contributed by atoms with Gasteiger partial charge in [-0.3, -0.25) is 5.43 Å². The Morgan fingerprint density at radius 3 is 2.52 bits per heavy atom. The first-order chi connectivity index (χ1) is 11.2. The van der Waals surface area contributed by atoms with Crippen LogP contribution in [0, 0.1) is 0 Å². The maximum atomic E-state index is 5.85. The fraction of sp³-hybridized carbons (Fsp3) is 0.125. The monoisotopic (exact) mass is 325 g/mol. The van der Waals surface area contributed by atoms with Gasteiger partial charge >= 0.3 is 0 Å². The zero-order valence-corrected chi connectivity index (χ0v) is 13.7. The van der Waals surface area contributed by atoms with Gasteiger partial charge in [0.15, 0.2) is 0 Å². The number of nitrogens with one attached hydrogen (secondary N) is 1. The minimum Gasteiger partial charge on any atom is -0.329 e. The molecule has 3 aromatic rings. The number of hydrazine groups is 1. The molecule has 0 atom stereocenters.